The van der Waals surface area contributed by atoms with E-state index in [0.29, 0.717) is 5.56 Å². The Hall–Kier alpha value is -1.73. The molecule has 1 heterocycles. The number of esters is 1. The molecule has 0 aromatic heterocycles. The second-order valence-corrected chi connectivity index (χ2v) is 6.26. The Labute approximate surface area is 134 Å². The Morgan fingerprint density at radius 3 is 2.52 bits per heavy atom. The Kier molecular flexibility index (Phi) is 4.01. The van der Waals surface area contributed by atoms with Crippen LogP contribution in [-0.2, 0) is 14.2 Å². The third-order valence-corrected chi connectivity index (χ3v) is 4.11. The minimum Gasteiger partial charge on any atom is -0.451 e. The van der Waals surface area contributed by atoms with Crippen LogP contribution in [-0.4, -0.2) is 52.5 Å². The van der Waals surface area contributed by atoms with Gasteiger partial charge in [-0.05, 0) is 32.1 Å². The average Bonchev–Trinajstić information content (AvgIpc) is 2.86. The summed E-state index contributed by atoms with van der Waals surface area (Å²) in [5.41, 5.74) is -0.933. The maximum Gasteiger partial charge on any atom is 0.338 e. The fourth-order valence-corrected chi connectivity index (χ4v) is 2.93. The molecule has 0 radical (unpaired) electrons. The van der Waals surface area contributed by atoms with Crippen molar-refractivity contribution in [1.82, 2.24) is 0 Å². The first-order chi connectivity index (χ1) is 10.8. The van der Waals surface area contributed by atoms with Crippen LogP contribution in [0.3, 0.4) is 0 Å². The molecule has 23 heavy (non-hydrogen) atoms. The van der Waals surface area contributed by atoms with E-state index in [2.05, 4.69) is 0 Å². The molecule has 1 saturated heterocycles. The van der Waals surface area contributed by atoms with Crippen molar-refractivity contribution in [1.29, 1.82) is 0 Å². The van der Waals surface area contributed by atoms with Crippen LogP contribution in [0.5, 0.6) is 0 Å². The Balaban J connectivity index is 1.87. The van der Waals surface area contributed by atoms with Gasteiger partial charge in [0.15, 0.2) is 17.5 Å². The van der Waals surface area contributed by atoms with Crippen LogP contribution < -0.4 is 0 Å². The van der Waals surface area contributed by atoms with Gasteiger partial charge in [-0.3, -0.25) is 0 Å². The van der Waals surface area contributed by atoms with Gasteiger partial charge in [0, 0.05) is 0 Å². The molecule has 0 saturated carbocycles. The minimum atomic E-state index is -1.33. The molecule has 4 atom stereocenters. The molecule has 124 valence electrons. The largest absolute Gasteiger partial charge is 0.451 e. The fraction of sp³-hybridized carbons (Fsp3) is 0.471. The lowest BCUT2D eigenvalue weighted by molar-refractivity contribution is -0.220. The monoisotopic (exact) mass is 320 g/mol. The summed E-state index contributed by atoms with van der Waals surface area (Å²) in [5, 5.41) is 20.3. The molecule has 6 nitrogen and oxygen atoms in total. The van der Waals surface area contributed by atoms with Crippen LogP contribution in [0.15, 0.2) is 42.5 Å². The molecule has 0 unspecified atom stereocenters. The predicted octanol–water partition coefficient (Wildman–Crippen LogP) is 1.03. The lowest BCUT2D eigenvalue weighted by atomic mass is 9.82. The van der Waals surface area contributed by atoms with Crippen LogP contribution in [0.25, 0.3) is 0 Å². The lowest BCUT2D eigenvalue weighted by Gasteiger charge is -2.42. The molecule has 0 bridgehead atoms. The third-order valence-electron chi connectivity index (χ3n) is 4.11. The summed E-state index contributed by atoms with van der Waals surface area (Å²) < 4.78 is 16.9. The Morgan fingerprint density at radius 2 is 1.91 bits per heavy atom. The highest BCUT2D eigenvalue weighted by molar-refractivity contribution is 5.89. The molecule has 1 fully saturated rings. The maximum absolute atomic E-state index is 12.3. The number of rotatable bonds is 2. The molecular weight excluding hydrogens is 300 g/mol. The van der Waals surface area contributed by atoms with E-state index in [-0.39, 0.29) is 6.61 Å². The average molecular weight is 320 g/mol. The van der Waals surface area contributed by atoms with Gasteiger partial charge in [-0.1, -0.05) is 24.3 Å². The van der Waals surface area contributed by atoms with Gasteiger partial charge >= 0.3 is 5.97 Å². The van der Waals surface area contributed by atoms with E-state index in [1.807, 2.05) is 0 Å². The van der Waals surface area contributed by atoms with Crippen molar-refractivity contribution in [3.63, 3.8) is 0 Å². The molecule has 1 aromatic rings. The van der Waals surface area contributed by atoms with Crippen LogP contribution >= 0.6 is 0 Å². The number of hydrogen-bond donors (Lipinski definition) is 2. The van der Waals surface area contributed by atoms with Crippen LogP contribution in [0.2, 0.25) is 0 Å². The van der Waals surface area contributed by atoms with E-state index >= 15 is 0 Å². The topological polar surface area (TPSA) is 85.2 Å². The number of aliphatic hydroxyl groups is 2. The van der Waals surface area contributed by atoms with Crippen molar-refractivity contribution in [2.45, 2.75) is 43.5 Å². The van der Waals surface area contributed by atoms with Crippen LogP contribution in [0, 0.1) is 0 Å². The van der Waals surface area contributed by atoms with Crippen molar-refractivity contribution >= 4 is 5.97 Å². The zero-order valence-electron chi connectivity index (χ0n) is 13.0. The lowest BCUT2D eigenvalue weighted by Crippen LogP contribution is -2.61. The number of hydrogen-bond acceptors (Lipinski definition) is 6. The molecule has 1 aliphatic heterocycles. The SMILES string of the molecule is CC1(C)OC[C@]2(O1)[C@H](OC(=O)c1ccccc1)C=C[C@@H](O)[C@@H]2O. The highest BCUT2D eigenvalue weighted by Crippen LogP contribution is 2.41. The second-order valence-electron chi connectivity index (χ2n) is 6.26. The minimum absolute atomic E-state index is 0.00923. The molecular formula is C17H20O6. The first kappa shape index (κ1) is 16.1. The first-order valence-electron chi connectivity index (χ1n) is 7.49. The summed E-state index contributed by atoms with van der Waals surface area (Å²) in [6.07, 6.45) is -0.311. The zero-order chi connectivity index (χ0) is 16.7. The third kappa shape index (κ3) is 2.90. The summed E-state index contributed by atoms with van der Waals surface area (Å²) in [7, 11) is 0. The van der Waals surface area contributed by atoms with Gasteiger partial charge in [-0.15, -0.1) is 0 Å². The van der Waals surface area contributed by atoms with Gasteiger partial charge in [0.2, 0.25) is 0 Å². The van der Waals surface area contributed by atoms with Crippen molar-refractivity contribution in [3.05, 3.63) is 48.0 Å². The van der Waals surface area contributed by atoms with E-state index in [1.54, 1.807) is 44.2 Å². The Bertz CT molecular complexity index is 611. The molecule has 6 heteroatoms. The van der Waals surface area contributed by atoms with E-state index < -0.39 is 35.7 Å². The van der Waals surface area contributed by atoms with E-state index in [4.69, 9.17) is 14.2 Å². The van der Waals surface area contributed by atoms with Crippen molar-refractivity contribution in [2.24, 2.45) is 0 Å². The van der Waals surface area contributed by atoms with Crippen molar-refractivity contribution in [2.75, 3.05) is 6.61 Å². The van der Waals surface area contributed by atoms with Crippen molar-refractivity contribution in [3.8, 4) is 0 Å². The summed E-state index contributed by atoms with van der Waals surface area (Å²) in [4.78, 5) is 12.3. The molecule has 1 spiro atoms. The number of benzene rings is 1. The molecule has 1 aromatic carbocycles. The van der Waals surface area contributed by atoms with Gasteiger partial charge in [0.1, 0.15) is 12.2 Å². The zero-order valence-corrected chi connectivity index (χ0v) is 13.0. The number of carbonyl (C=O) groups excluding carboxylic acids is 1. The predicted molar refractivity (Wildman–Crippen MR) is 80.6 cm³/mol. The van der Waals surface area contributed by atoms with Crippen molar-refractivity contribution < 1.29 is 29.2 Å². The van der Waals surface area contributed by atoms with E-state index in [1.165, 1.54) is 12.2 Å². The molecule has 0 amide bonds. The summed E-state index contributed by atoms with van der Waals surface area (Å²) in [6.45, 7) is 3.42. The maximum atomic E-state index is 12.3. The first-order valence-corrected chi connectivity index (χ1v) is 7.49. The Morgan fingerprint density at radius 1 is 1.22 bits per heavy atom. The van der Waals surface area contributed by atoms with Gasteiger partial charge < -0.3 is 24.4 Å². The fourth-order valence-electron chi connectivity index (χ4n) is 2.93. The standard InChI is InChI=1S/C17H20O6/c1-16(2)21-10-17(23-16)13(9-8-12(18)14(17)19)22-15(20)11-6-4-3-5-7-11/h3-9,12-14,18-19H,10H2,1-2H3/t12-,13-,14+,17+/m1/s1. The van der Waals surface area contributed by atoms with E-state index in [9.17, 15) is 15.0 Å². The summed E-state index contributed by atoms with van der Waals surface area (Å²) in [5.74, 6) is -1.47. The summed E-state index contributed by atoms with van der Waals surface area (Å²) in [6, 6.07) is 8.56. The molecule has 2 aliphatic rings. The number of ether oxygens (including phenoxy) is 3. The summed E-state index contributed by atoms with van der Waals surface area (Å²) >= 11 is 0. The number of carbonyl (C=O) groups is 1. The quantitative estimate of drug-likeness (QED) is 0.625. The van der Waals surface area contributed by atoms with Crippen LogP contribution in [0.4, 0.5) is 0 Å². The molecule has 3 rings (SSSR count). The smallest absolute Gasteiger partial charge is 0.338 e. The van der Waals surface area contributed by atoms with Gasteiger partial charge in [0.05, 0.1) is 12.2 Å². The van der Waals surface area contributed by atoms with Crippen LogP contribution in [0.1, 0.15) is 24.2 Å². The highest BCUT2D eigenvalue weighted by Gasteiger charge is 2.59. The highest BCUT2D eigenvalue weighted by atomic mass is 16.8. The van der Waals surface area contributed by atoms with Gasteiger partial charge in [-0.25, -0.2) is 4.79 Å². The number of aliphatic hydroxyl groups excluding tert-OH is 2. The second kappa shape index (κ2) is 5.72. The van der Waals surface area contributed by atoms with Gasteiger partial charge in [-0.2, -0.15) is 0 Å². The van der Waals surface area contributed by atoms with Gasteiger partial charge in [0.25, 0.3) is 0 Å². The van der Waals surface area contributed by atoms with E-state index in [0.717, 1.165) is 0 Å². The molecule has 1 aliphatic carbocycles. The molecule has 2 N–H and O–H groups in total. The normalized spacial score (nSPS) is 35.4.